The van der Waals surface area contributed by atoms with E-state index in [2.05, 4.69) is 39.2 Å². The van der Waals surface area contributed by atoms with Crippen LogP contribution in [0, 0.1) is 0 Å². The Hall–Kier alpha value is -2.56. The van der Waals surface area contributed by atoms with E-state index in [9.17, 15) is 4.79 Å². The first-order valence-corrected chi connectivity index (χ1v) is 8.62. The SMILES string of the molecule is O=C(CCn1ccc2ccccc21)N1CCC[C@H](c2ccn[nH]2)C1. The molecular formula is C19H22N4O. The molecule has 1 fully saturated rings. The molecule has 1 aliphatic heterocycles. The molecule has 1 atom stereocenters. The van der Waals surface area contributed by atoms with Crippen molar-refractivity contribution in [3.05, 3.63) is 54.5 Å². The van der Waals surface area contributed by atoms with E-state index in [1.807, 2.05) is 23.1 Å². The van der Waals surface area contributed by atoms with Crippen molar-refractivity contribution in [1.82, 2.24) is 19.7 Å². The quantitative estimate of drug-likeness (QED) is 0.802. The number of amides is 1. The summed E-state index contributed by atoms with van der Waals surface area (Å²) < 4.78 is 2.17. The van der Waals surface area contributed by atoms with Crippen LogP contribution in [0.4, 0.5) is 0 Å². The molecular weight excluding hydrogens is 300 g/mol. The third-order valence-corrected chi connectivity index (χ3v) is 4.98. The van der Waals surface area contributed by atoms with Gasteiger partial charge in [0.1, 0.15) is 0 Å². The highest BCUT2D eigenvalue weighted by molar-refractivity contribution is 5.80. The molecule has 1 aliphatic rings. The number of hydrogen-bond acceptors (Lipinski definition) is 2. The Bertz CT molecular complexity index is 821. The van der Waals surface area contributed by atoms with Gasteiger partial charge in [-0.15, -0.1) is 0 Å². The van der Waals surface area contributed by atoms with Gasteiger partial charge in [-0.2, -0.15) is 5.10 Å². The van der Waals surface area contributed by atoms with Crippen LogP contribution in [0.5, 0.6) is 0 Å². The zero-order valence-electron chi connectivity index (χ0n) is 13.7. The maximum Gasteiger partial charge on any atom is 0.224 e. The molecule has 124 valence electrons. The Morgan fingerprint density at radius 3 is 3.04 bits per heavy atom. The molecule has 3 aromatic rings. The fourth-order valence-electron chi connectivity index (χ4n) is 3.66. The standard InChI is InChI=1S/C19H22N4O/c24-19(9-13-22-12-8-15-4-1-2-6-18(15)22)23-11-3-5-16(14-23)17-7-10-20-21-17/h1-2,4,6-8,10,12,16H,3,5,9,11,13-14H2,(H,20,21)/t16-/m0/s1. The van der Waals surface area contributed by atoms with Gasteiger partial charge in [-0.25, -0.2) is 0 Å². The molecule has 2 aromatic heterocycles. The van der Waals surface area contributed by atoms with Gasteiger partial charge in [0.15, 0.2) is 0 Å². The summed E-state index contributed by atoms with van der Waals surface area (Å²) in [7, 11) is 0. The number of rotatable bonds is 4. The minimum atomic E-state index is 0.247. The average molecular weight is 322 g/mol. The molecule has 5 nitrogen and oxygen atoms in total. The van der Waals surface area contributed by atoms with Crippen molar-refractivity contribution in [1.29, 1.82) is 0 Å². The first-order chi connectivity index (χ1) is 11.8. The van der Waals surface area contributed by atoms with Gasteiger partial charge in [-0.05, 0) is 36.4 Å². The highest BCUT2D eigenvalue weighted by atomic mass is 16.2. The number of para-hydroxylation sites is 1. The van der Waals surface area contributed by atoms with Crippen LogP contribution < -0.4 is 0 Å². The number of aromatic amines is 1. The molecule has 1 aromatic carbocycles. The number of likely N-dealkylation sites (tertiary alicyclic amines) is 1. The van der Waals surface area contributed by atoms with Gasteiger partial charge < -0.3 is 9.47 Å². The summed E-state index contributed by atoms with van der Waals surface area (Å²) >= 11 is 0. The summed E-state index contributed by atoms with van der Waals surface area (Å²) in [4.78, 5) is 14.6. The Labute approximate surface area is 141 Å². The molecule has 3 heterocycles. The Morgan fingerprint density at radius 1 is 1.25 bits per heavy atom. The Balaban J connectivity index is 1.39. The van der Waals surface area contributed by atoms with Gasteiger partial charge in [-0.1, -0.05) is 18.2 Å². The van der Waals surface area contributed by atoms with Crippen molar-refractivity contribution < 1.29 is 4.79 Å². The number of H-pyrrole nitrogens is 1. The van der Waals surface area contributed by atoms with Crippen LogP contribution in [0.1, 0.15) is 30.9 Å². The molecule has 1 N–H and O–H groups in total. The topological polar surface area (TPSA) is 53.9 Å². The number of aryl methyl sites for hydroxylation is 1. The zero-order chi connectivity index (χ0) is 16.4. The van der Waals surface area contributed by atoms with Gasteiger partial charge in [0.25, 0.3) is 0 Å². The smallest absolute Gasteiger partial charge is 0.224 e. The molecule has 4 rings (SSSR count). The predicted octanol–water partition coefficient (Wildman–Crippen LogP) is 3.16. The lowest BCUT2D eigenvalue weighted by Gasteiger charge is -2.32. The highest BCUT2D eigenvalue weighted by Gasteiger charge is 2.25. The monoisotopic (exact) mass is 322 g/mol. The lowest BCUT2D eigenvalue weighted by Crippen LogP contribution is -2.39. The van der Waals surface area contributed by atoms with E-state index in [1.54, 1.807) is 6.20 Å². The largest absolute Gasteiger partial charge is 0.347 e. The summed E-state index contributed by atoms with van der Waals surface area (Å²) in [5.74, 6) is 0.634. The molecule has 0 unspecified atom stereocenters. The molecule has 0 bridgehead atoms. The first kappa shape index (κ1) is 15.0. The number of hydrogen-bond donors (Lipinski definition) is 1. The van der Waals surface area contributed by atoms with Gasteiger partial charge >= 0.3 is 0 Å². The number of carbonyl (C=O) groups excluding carboxylic acids is 1. The first-order valence-electron chi connectivity index (χ1n) is 8.62. The number of nitrogens with zero attached hydrogens (tertiary/aromatic N) is 3. The van der Waals surface area contributed by atoms with E-state index in [-0.39, 0.29) is 5.91 Å². The van der Waals surface area contributed by atoms with Crippen molar-refractivity contribution in [2.24, 2.45) is 0 Å². The summed E-state index contributed by atoms with van der Waals surface area (Å²) in [5.41, 5.74) is 2.34. The van der Waals surface area contributed by atoms with Gasteiger partial charge in [0.2, 0.25) is 5.91 Å². The van der Waals surface area contributed by atoms with Gasteiger partial charge in [0.05, 0.1) is 0 Å². The number of carbonyl (C=O) groups is 1. The average Bonchev–Trinajstić information content (AvgIpc) is 3.30. The molecule has 1 saturated heterocycles. The number of aromatic nitrogens is 3. The highest BCUT2D eigenvalue weighted by Crippen LogP contribution is 2.25. The third kappa shape index (κ3) is 2.94. The number of benzene rings is 1. The lowest BCUT2D eigenvalue weighted by atomic mass is 9.95. The fraction of sp³-hybridized carbons (Fsp3) is 0.368. The molecule has 24 heavy (non-hydrogen) atoms. The van der Waals surface area contributed by atoms with Crippen molar-refractivity contribution in [3.63, 3.8) is 0 Å². The van der Waals surface area contributed by atoms with Gasteiger partial charge in [0, 0.05) is 55.6 Å². The molecule has 0 aliphatic carbocycles. The second-order valence-corrected chi connectivity index (χ2v) is 6.51. The van der Waals surface area contributed by atoms with Crippen LogP contribution >= 0.6 is 0 Å². The van der Waals surface area contributed by atoms with E-state index in [0.29, 0.717) is 12.3 Å². The van der Waals surface area contributed by atoms with Crippen LogP contribution in [0.2, 0.25) is 0 Å². The molecule has 0 radical (unpaired) electrons. The summed E-state index contributed by atoms with van der Waals surface area (Å²) in [5, 5.41) is 8.31. The number of piperidine rings is 1. The molecule has 0 spiro atoms. The van der Waals surface area contributed by atoms with Crippen LogP contribution in [-0.2, 0) is 11.3 Å². The number of nitrogens with one attached hydrogen (secondary N) is 1. The van der Waals surface area contributed by atoms with E-state index in [4.69, 9.17) is 0 Å². The molecule has 1 amide bonds. The Morgan fingerprint density at radius 2 is 2.17 bits per heavy atom. The van der Waals surface area contributed by atoms with Crippen LogP contribution in [0.25, 0.3) is 10.9 Å². The second-order valence-electron chi connectivity index (χ2n) is 6.51. The summed E-state index contributed by atoms with van der Waals surface area (Å²) in [6.07, 6.45) is 6.58. The summed E-state index contributed by atoms with van der Waals surface area (Å²) in [6.45, 7) is 2.40. The normalized spacial score (nSPS) is 18.2. The minimum Gasteiger partial charge on any atom is -0.347 e. The van der Waals surface area contributed by atoms with E-state index in [1.165, 1.54) is 10.9 Å². The lowest BCUT2D eigenvalue weighted by molar-refractivity contribution is -0.132. The van der Waals surface area contributed by atoms with Crippen molar-refractivity contribution in [2.75, 3.05) is 13.1 Å². The molecule has 0 saturated carbocycles. The minimum absolute atomic E-state index is 0.247. The van der Waals surface area contributed by atoms with Crippen LogP contribution in [0.15, 0.2) is 48.8 Å². The summed E-state index contributed by atoms with van der Waals surface area (Å²) in [6, 6.07) is 12.4. The van der Waals surface area contributed by atoms with Crippen LogP contribution in [0.3, 0.4) is 0 Å². The van der Waals surface area contributed by atoms with Crippen LogP contribution in [-0.4, -0.2) is 38.7 Å². The number of fused-ring (bicyclic) bond motifs is 1. The fourth-order valence-corrected chi connectivity index (χ4v) is 3.66. The predicted molar refractivity (Wildman–Crippen MR) is 93.7 cm³/mol. The zero-order valence-corrected chi connectivity index (χ0v) is 13.7. The van der Waals surface area contributed by atoms with Gasteiger partial charge in [-0.3, -0.25) is 9.89 Å². The van der Waals surface area contributed by atoms with Crippen molar-refractivity contribution in [2.45, 2.75) is 31.7 Å². The third-order valence-electron chi connectivity index (χ3n) is 4.98. The maximum absolute atomic E-state index is 12.6. The van der Waals surface area contributed by atoms with E-state index < -0.39 is 0 Å². The Kier molecular flexibility index (Phi) is 4.07. The van der Waals surface area contributed by atoms with E-state index >= 15 is 0 Å². The second kappa shape index (κ2) is 6.51. The van der Waals surface area contributed by atoms with Crippen molar-refractivity contribution in [3.8, 4) is 0 Å². The van der Waals surface area contributed by atoms with Crippen molar-refractivity contribution >= 4 is 16.8 Å². The maximum atomic E-state index is 12.6. The molecule has 5 heteroatoms. The van der Waals surface area contributed by atoms with E-state index in [0.717, 1.165) is 38.2 Å².